The third-order valence-corrected chi connectivity index (χ3v) is 4.20. The number of aryl methyl sites for hydroxylation is 1. The minimum Gasteiger partial charge on any atom is -0.449 e. The van der Waals surface area contributed by atoms with Gasteiger partial charge in [0.15, 0.2) is 11.3 Å². The molecule has 0 aliphatic carbocycles. The second-order valence-corrected chi connectivity index (χ2v) is 5.68. The summed E-state index contributed by atoms with van der Waals surface area (Å²) in [4.78, 5) is 16.6. The molecule has 0 radical (unpaired) electrons. The molecule has 0 saturated carbocycles. The highest BCUT2D eigenvalue weighted by Crippen LogP contribution is 2.31. The van der Waals surface area contributed by atoms with Gasteiger partial charge in [-0.15, -0.1) is 0 Å². The molecule has 1 amide bonds. The Morgan fingerprint density at radius 1 is 1.25 bits per heavy atom. The molecule has 0 bridgehead atoms. The van der Waals surface area contributed by atoms with Crippen LogP contribution in [0.15, 0.2) is 22.6 Å². The van der Waals surface area contributed by atoms with E-state index in [4.69, 9.17) is 16.0 Å². The molecule has 1 aliphatic heterocycles. The zero-order valence-electron chi connectivity index (χ0n) is 11.6. The number of piperazine rings is 1. The van der Waals surface area contributed by atoms with E-state index in [-0.39, 0.29) is 5.91 Å². The average Bonchev–Trinajstić information content (AvgIpc) is 2.78. The van der Waals surface area contributed by atoms with Crippen LogP contribution < -0.4 is 0 Å². The van der Waals surface area contributed by atoms with Crippen LogP contribution in [-0.4, -0.2) is 48.9 Å². The number of carbonyl (C=O) groups is 1. The minimum atomic E-state index is -0.0390. The number of carbonyl (C=O) groups excluding carboxylic acids is 1. The van der Waals surface area contributed by atoms with Crippen LogP contribution in [0.1, 0.15) is 16.1 Å². The number of amides is 1. The zero-order valence-corrected chi connectivity index (χ0v) is 12.4. The van der Waals surface area contributed by atoms with E-state index in [2.05, 4.69) is 11.9 Å². The van der Waals surface area contributed by atoms with Crippen LogP contribution in [0.4, 0.5) is 0 Å². The molecular weight excluding hydrogens is 276 g/mol. The third-order valence-electron chi connectivity index (χ3n) is 3.90. The predicted molar refractivity (Wildman–Crippen MR) is 79.4 cm³/mol. The van der Waals surface area contributed by atoms with E-state index in [9.17, 15) is 4.79 Å². The highest BCUT2D eigenvalue weighted by molar-refractivity contribution is 6.35. The Balaban J connectivity index is 1.96. The highest BCUT2D eigenvalue weighted by atomic mass is 35.5. The number of halogens is 1. The summed E-state index contributed by atoms with van der Waals surface area (Å²) in [6, 6.07) is 5.58. The second kappa shape index (κ2) is 5.11. The van der Waals surface area contributed by atoms with Crippen molar-refractivity contribution in [3.8, 4) is 0 Å². The lowest BCUT2D eigenvalue weighted by Gasteiger charge is -2.31. The molecule has 0 unspecified atom stereocenters. The number of fused-ring (bicyclic) bond motifs is 1. The summed E-state index contributed by atoms with van der Waals surface area (Å²) in [7, 11) is 2.06. The largest absolute Gasteiger partial charge is 0.449 e. The van der Waals surface area contributed by atoms with Crippen LogP contribution in [0.25, 0.3) is 11.0 Å². The van der Waals surface area contributed by atoms with Gasteiger partial charge in [-0.1, -0.05) is 23.7 Å². The molecule has 2 heterocycles. The Morgan fingerprint density at radius 2 is 1.95 bits per heavy atom. The van der Waals surface area contributed by atoms with Crippen molar-refractivity contribution in [1.82, 2.24) is 9.80 Å². The molecule has 1 saturated heterocycles. The van der Waals surface area contributed by atoms with Crippen molar-refractivity contribution in [2.75, 3.05) is 33.2 Å². The monoisotopic (exact) mass is 292 g/mol. The minimum absolute atomic E-state index is 0.0390. The molecule has 1 aromatic heterocycles. The molecular formula is C15H17ClN2O2. The number of hydrogen-bond donors (Lipinski definition) is 0. The molecule has 2 aromatic rings. The van der Waals surface area contributed by atoms with E-state index in [0.717, 1.165) is 37.1 Å². The van der Waals surface area contributed by atoms with Gasteiger partial charge >= 0.3 is 0 Å². The normalized spacial score (nSPS) is 16.9. The van der Waals surface area contributed by atoms with Crippen LogP contribution >= 0.6 is 11.6 Å². The SMILES string of the molecule is Cc1c(C(=O)N2CCN(C)CC2)oc2c(Cl)cccc12. The van der Waals surface area contributed by atoms with Crippen molar-refractivity contribution in [2.45, 2.75) is 6.92 Å². The standard InChI is InChI=1S/C15H17ClN2O2/c1-10-11-4-3-5-12(16)14(11)20-13(10)15(19)18-8-6-17(2)7-9-18/h3-5H,6-9H2,1-2H3. The molecule has 0 atom stereocenters. The summed E-state index contributed by atoms with van der Waals surface area (Å²) in [6.07, 6.45) is 0. The van der Waals surface area contributed by atoms with E-state index < -0.39 is 0 Å². The number of likely N-dealkylation sites (N-methyl/N-ethyl adjacent to an activating group) is 1. The molecule has 0 spiro atoms. The Morgan fingerprint density at radius 3 is 2.60 bits per heavy atom. The first-order chi connectivity index (χ1) is 9.58. The smallest absolute Gasteiger partial charge is 0.289 e. The number of benzene rings is 1. The number of furan rings is 1. The third kappa shape index (κ3) is 2.19. The van der Waals surface area contributed by atoms with Crippen LogP contribution in [0, 0.1) is 6.92 Å². The van der Waals surface area contributed by atoms with Crippen molar-refractivity contribution in [1.29, 1.82) is 0 Å². The molecule has 4 nitrogen and oxygen atoms in total. The number of para-hydroxylation sites is 1. The summed E-state index contributed by atoms with van der Waals surface area (Å²) < 4.78 is 5.73. The fourth-order valence-corrected chi connectivity index (χ4v) is 2.78. The lowest BCUT2D eigenvalue weighted by molar-refractivity contribution is 0.0634. The van der Waals surface area contributed by atoms with Gasteiger partial charge in [0.05, 0.1) is 5.02 Å². The van der Waals surface area contributed by atoms with Gasteiger partial charge in [-0.3, -0.25) is 4.79 Å². The Bertz CT molecular complexity index is 657. The topological polar surface area (TPSA) is 36.7 Å². The van der Waals surface area contributed by atoms with Crippen LogP contribution in [0.2, 0.25) is 5.02 Å². The number of hydrogen-bond acceptors (Lipinski definition) is 3. The summed E-state index contributed by atoms with van der Waals surface area (Å²) in [5.74, 6) is 0.375. The van der Waals surface area contributed by atoms with Crippen LogP contribution in [0.5, 0.6) is 0 Å². The molecule has 20 heavy (non-hydrogen) atoms. The van der Waals surface area contributed by atoms with Gasteiger partial charge < -0.3 is 14.2 Å². The van der Waals surface area contributed by atoms with Gasteiger partial charge in [0, 0.05) is 37.1 Å². The van der Waals surface area contributed by atoms with E-state index in [0.29, 0.717) is 16.4 Å². The first-order valence-corrected chi connectivity index (χ1v) is 7.11. The predicted octanol–water partition coefficient (Wildman–Crippen LogP) is 2.78. The van der Waals surface area contributed by atoms with E-state index in [1.54, 1.807) is 6.07 Å². The molecule has 0 N–H and O–H groups in total. The Labute approximate surface area is 122 Å². The molecule has 1 fully saturated rings. The number of nitrogens with zero attached hydrogens (tertiary/aromatic N) is 2. The van der Waals surface area contributed by atoms with Gasteiger partial charge in [0.1, 0.15) is 0 Å². The van der Waals surface area contributed by atoms with Gasteiger partial charge in [-0.2, -0.15) is 0 Å². The maximum Gasteiger partial charge on any atom is 0.289 e. The summed E-state index contributed by atoms with van der Waals surface area (Å²) >= 11 is 6.13. The lowest BCUT2D eigenvalue weighted by Crippen LogP contribution is -2.47. The second-order valence-electron chi connectivity index (χ2n) is 5.27. The maximum atomic E-state index is 12.6. The van der Waals surface area contributed by atoms with E-state index in [1.807, 2.05) is 24.0 Å². The fourth-order valence-electron chi connectivity index (χ4n) is 2.57. The number of rotatable bonds is 1. The van der Waals surface area contributed by atoms with Crippen LogP contribution in [0.3, 0.4) is 0 Å². The van der Waals surface area contributed by atoms with Gasteiger partial charge in [0.25, 0.3) is 5.91 Å². The summed E-state index contributed by atoms with van der Waals surface area (Å²) in [5.41, 5.74) is 1.47. The molecule has 1 aromatic carbocycles. The molecule has 5 heteroatoms. The first kappa shape index (κ1) is 13.5. The fraction of sp³-hybridized carbons (Fsp3) is 0.400. The molecule has 3 rings (SSSR count). The molecule has 1 aliphatic rings. The highest BCUT2D eigenvalue weighted by Gasteiger charge is 2.26. The zero-order chi connectivity index (χ0) is 14.3. The first-order valence-electron chi connectivity index (χ1n) is 6.73. The molecule has 106 valence electrons. The van der Waals surface area contributed by atoms with Crippen molar-refractivity contribution >= 4 is 28.5 Å². The van der Waals surface area contributed by atoms with Crippen molar-refractivity contribution < 1.29 is 9.21 Å². The Hall–Kier alpha value is -1.52. The maximum absolute atomic E-state index is 12.6. The average molecular weight is 293 g/mol. The quantitative estimate of drug-likeness (QED) is 0.811. The van der Waals surface area contributed by atoms with Gasteiger partial charge in [-0.25, -0.2) is 0 Å². The van der Waals surface area contributed by atoms with Crippen LogP contribution in [-0.2, 0) is 0 Å². The lowest BCUT2D eigenvalue weighted by atomic mass is 10.1. The summed E-state index contributed by atoms with van der Waals surface area (Å²) in [5, 5.41) is 1.46. The van der Waals surface area contributed by atoms with Crippen molar-refractivity contribution in [3.63, 3.8) is 0 Å². The van der Waals surface area contributed by atoms with Crippen molar-refractivity contribution in [3.05, 3.63) is 34.5 Å². The van der Waals surface area contributed by atoms with Gasteiger partial charge in [0.2, 0.25) is 0 Å². The summed E-state index contributed by atoms with van der Waals surface area (Å²) in [6.45, 7) is 5.17. The van der Waals surface area contributed by atoms with E-state index in [1.165, 1.54) is 0 Å². The Kier molecular flexibility index (Phi) is 3.44. The van der Waals surface area contributed by atoms with Gasteiger partial charge in [-0.05, 0) is 20.0 Å². The van der Waals surface area contributed by atoms with Crippen molar-refractivity contribution in [2.24, 2.45) is 0 Å². The van der Waals surface area contributed by atoms with E-state index >= 15 is 0 Å².